The van der Waals surface area contributed by atoms with Crippen LogP contribution in [0.25, 0.3) is 0 Å². The van der Waals surface area contributed by atoms with Crippen LogP contribution in [0.1, 0.15) is 32.1 Å². The molecule has 3 fully saturated rings. The Labute approximate surface area is 184 Å². The van der Waals surface area contributed by atoms with Crippen LogP contribution in [-0.4, -0.2) is 53.7 Å². The third kappa shape index (κ3) is 4.42. The van der Waals surface area contributed by atoms with Crippen LogP contribution in [0.15, 0.2) is 24.3 Å². The Hall–Kier alpha value is -3.48. The van der Waals surface area contributed by atoms with E-state index in [0.717, 1.165) is 18.9 Å². The van der Waals surface area contributed by atoms with Crippen molar-refractivity contribution in [3.05, 3.63) is 30.1 Å². The summed E-state index contributed by atoms with van der Waals surface area (Å²) in [6.45, 7) is 0.803. The molecule has 1 aromatic carbocycles. The summed E-state index contributed by atoms with van der Waals surface area (Å²) in [5.74, 6) is -3.62. The van der Waals surface area contributed by atoms with Gasteiger partial charge in [0.25, 0.3) is 0 Å². The monoisotopic (exact) mass is 441 g/mol. The summed E-state index contributed by atoms with van der Waals surface area (Å²) in [5.41, 5.74) is -0.310. The molecule has 32 heavy (non-hydrogen) atoms. The minimum absolute atomic E-state index is 0.119. The smallest absolute Gasteiger partial charge is 0.314 e. The van der Waals surface area contributed by atoms with Crippen LogP contribution >= 0.6 is 0 Å². The minimum Gasteiger partial charge on any atom is -0.356 e. The van der Waals surface area contributed by atoms with Gasteiger partial charge >= 0.3 is 11.8 Å². The van der Waals surface area contributed by atoms with Gasteiger partial charge in [0, 0.05) is 19.0 Å². The summed E-state index contributed by atoms with van der Waals surface area (Å²) in [5, 5.41) is 17.1. The Kier molecular flexibility index (Phi) is 5.82. The number of hydrogen-bond acceptors (Lipinski definition) is 5. The molecule has 4 amide bonds. The molecule has 2 heterocycles. The molecule has 2 aliphatic heterocycles. The van der Waals surface area contributed by atoms with Gasteiger partial charge in [0.2, 0.25) is 11.8 Å². The first-order valence-corrected chi connectivity index (χ1v) is 10.7. The Morgan fingerprint density at radius 3 is 2.69 bits per heavy atom. The van der Waals surface area contributed by atoms with E-state index in [1.165, 1.54) is 23.1 Å². The largest absolute Gasteiger partial charge is 0.356 e. The van der Waals surface area contributed by atoms with Crippen molar-refractivity contribution in [2.75, 3.05) is 18.4 Å². The zero-order chi connectivity index (χ0) is 22.9. The molecule has 1 saturated carbocycles. The highest BCUT2D eigenvalue weighted by atomic mass is 19.1. The van der Waals surface area contributed by atoms with Crippen molar-refractivity contribution in [2.24, 2.45) is 11.3 Å². The van der Waals surface area contributed by atoms with E-state index in [1.54, 1.807) is 0 Å². The third-order valence-electron chi connectivity index (χ3n) is 6.50. The number of hydrogen-bond donors (Lipinski definition) is 3. The molecule has 168 valence electrons. The number of para-hydroxylation sites is 1. The molecule has 0 unspecified atom stereocenters. The SMILES string of the molecule is N#C[C@H](C[C@@H]1CCNC1=O)NC(=O)[C@@H]1CC2(CC2)CN1C(=O)C(=O)Nc1ccccc1F. The lowest BCUT2D eigenvalue weighted by molar-refractivity contribution is -0.146. The number of anilines is 1. The predicted molar refractivity (Wildman–Crippen MR) is 110 cm³/mol. The lowest BCUT2D eigenvalue weighted by Gasteiger charge is -2.25. The quantitative estimate of drug-likeness (QED) is 0.579. The first-order chi connectivity index (χ1) is 15.3. The Bertz CT molecular complexity index is 1000. The molecule has 0 bridgehead atoms. The van der Waals surface area contributed by atoms with E-state index in [0.29, 0.717) is 19.4 Å². The van der Waals surface area contributed by atoms with E-state index in [1.807, 2.05) is 6.07 Å². The number of benzene rings is 1. The molecular weight excluding hydrogens is 417 g/mol. The second kappa shape index (κ2) is 8.57. The van der Waals surface area contributed by atoms with Crippen molar-refractivity contribution in [1.29, 1.82) is 5.26 Å². The van der Waals surface area contributed by atoms with Crippen LogP contribution in [0, 0.1) is 28.5 Å². The summed E-state index contributed by atoms with van der Waals surface area (Å²) in [6.07, 6.45) is 2.88. The Morgan fingerprint density at radius 2 is 2.06 bits per heavy atom. The van der Waals surface area contributed by atoms with Gasteiger partial charge < -0.3 is 20.9 Å². The normalized spacial score (nSPS) is 23.9. The van der Waals surface area contributed by atoms with Crippen molar-refractivity contribution in [3.63, 3.8) is 0 Å². The average Bonchev–Trinajstić information content (AvgIpc) is 3.24. The van der Waals surface area contributed by atoms with Crippen LogP contribution < -0.4 is 16.0 Å². The number of halogens is 1. The van der Waals surface area contributed by atoms with Gasteiger partial charge in [0.1, 0.15) is 17.9 Å². The molecule has 1 spiro atoms. The molecule has 3 N–H and O–H groups in total. The number of amides is 4. The highest BCUT2D eigenvalue weighted by Gasteiger charge is 2.56. The lowest BCUT2D eigenvalue weighted by Crippen LogP contribution is -2.51. The fraction of sp³-hybridized carbons (Fsp3) is 0.500. The van der Waals surface area contributed by atoms with E-state index < -0.39 is 35.6 Å². The molecule has 0 aromatic heterocycles. The predicted octanol–water partition coefficient (Wildman–Crippen LogP) is 0.680. The second-order valence-corrected chi connectivity index (χ2v) is 8.79. The van der Waals surface area contributed by atoms with Crippen molar-refractivity contribution in [2.45, 2.75) is 44.2 Å². The molecule has 9 nitrogen and oxygen atoms in total. The number of nitriles is 1. The molecule has 1 aliphatic carbocycles. The van der Waals surface area contributed by atoms with Crippen molar-refractivity contribution >= 4 is 29.3 Å². The molecular formula is C22H24FN5O4. The minimum atomic E-state index is -1.02. The highest BCUT2D eigenvalue weighted by Crippen LogP contribution is 2.54. The van der Waals surface area contributed by atoms with Gasteiger partial charge in [-0.15, -0.1) is 0 Å². The molecule has 2 saturated heterocycles. The van der Waals surface area contributed by atoms with E-state index in [2.05, 4.69) is 16.0 Å². The first-order valence-electron chi connectivity index (χ1n) is 10.7. The number of nitrogens with one attached hydrogen (secondary N) is 3. The summed E-state index contributed by atoms with van der Waals surface area (Å²) in [6, 6.07) is 5.73. The summed E-state index contributed by atoms with van der Waals surface area (Å²) in [4.78, 5) is 51.4. The third-order valence-corrected chi connectivity index (χ3v) is 6.50. The maximum atomic E-state index is 13.8. The van der Waals surface area contributed by atoms with Crippen LogP contribution in [0.4, 0.5) is 10.1 Å². The topological polar surface area (TPSA) is 131 Å². The molecule has 3 aliphatic rings. The number of likely N-dealkylation sites (tertiary alicyclic amines) is 1. The molecule has 4 rings (SSSR count). The fourth-order valence-electron chi connectivity index (χ4n) is 4.48. The van der Waals surface area contributed by atoms with Gasteiger partial charge in [0.05, 0.1) is 11.8 Å². The maximum Gasteiger partial charge on any atom is 0.314 e. The van der Waals surface area contributed by atoms with E-state index in [4.69, 9.17) is 0 Å². The highest BCUT2D eigenvalue weighted by molar-refractivity contribution is 6.40. The standard InChI is InChI=1S/C22H24FN5O4/c23-15-3-1-2-4-16(15)27-20(31)21(32)28-12-22(6-7-22)10-17(28)19(30)26-14(11-24)9-13-5-8-25-18(13)29/h1-4,13-14,17H,5-10,12H2,(H,25,29)(H,26,30)(H,27,31)/t13-,14-,17-/m0/s1. The molecule has 3 atom stereocenters. The van der Waals surface area contributed by atoms with Gasteiger partial charge in [-0.25, -0.2) is 4.39 Å². The zero-order valence-corrected chi connectivity index (χ0v) is 17.4. The van der Waals surface area contributed by atoms with Gasteiger partial charge in [-0.3, -0.25) is 19.2 Å². The summed E-state index contributed by atoms with van der Waals surface area (Å²) in [7, 11) is 0. The average molecular weight is 441 g/mol. The Balaban J connectivity index is 1.43. The molecule has 0 radical (unpaired) electrons. The fourth-order valence-corrected chi connectivity index (χ4v) is 4.48. The van der Waals surface area contributed by atoms with Crippen molar-refractivity contribution < 1.29 is 23.6 Å². The van der Waals surface area contributed by atoms with Crippen LogP contribution in [0.3, 0.4) is 0 Å². The van der Waals surface area contributed by atoms with Crippen LogP contribution in [-0.2, 0) is 19.2 Å². The van der Waals surface area contributed by atoms with Gasteiger partial charge in [-0.05, 0) is 49.7 Å². The van der Waals surface area contributed by atoms with Crippen LogP contribution in [0.5, 0.6) is 0 Å². The number of rotatable bonds is 5. The first kappa shape index (κ1) is 21.7. The number of carbonyl (C=O) groups is 4. The lowest BCUT2D eigenvalue weighted by atomic mass is 9.98. The van der Waals surface area contributed by atoms with Crippen molar-refractivity contribution in [1.82, 2.24) is 15.5 Å². The van der Waals surface area contributed by atoms with Gasteiger partial charge in [-0.1, -0.05) is 12.1 Å². The summed E-state index contributed by atoms with van der Waals surface area (Å²) >= 11 is 0. The van der Waals surface area contributed by atoms with E-state index in [-0.39, 0.29) is 35.9 Å². The van der Waals surface area contributed by atoms with Crippen molar-refractivity contribution in [3.8, 4) is 6.07 Å². The second-order valence-electron chi connectivity index (χ2n) is 8.79. The zero-order valence-electron chi connectivity index (χ0n) is 17.4. The molecule has 1 aromatic rings. The van der Waals surface area contributed by atoms with Gasteiger partial charge in [-0.2, -0.15) is 5.26 Å². The van der Waals surface area contributed by atoms with E-state index in [9.17, 15) is 28.8 Å². The maximum absolute atomic E-state index is 13.8. The number of nitrogens with zero attached hydrogens (tertiary/aromatic N) is 2. The molecule has 10 heteroatoms. The summed E-state index contributed by atoms with van der Waals surface area (Å²) < 4.78 is 13.8. The van der Waals surface area contributed by atoms with Gasteiger partial charge in [0.15, 0.2) is 0 Å². The number of carbonyl (C=O) groups excluding carboxylic acids is 4. The van der Waals surface area contributed by atoms with E-state index >= 15 is 0 Å². The Morgan fingerprint density at radius 1 is 1.31 bits per heavy atom. The van der Waals surface area contributed by atoms with Crippen LogP contribution in [0.2, 0.25) is 0 Å².